The Morgan fingerprint density at radius 3 is 2.50 bits per heavy atom. The normalized spacial score (nSPS) is 33.1. The standard InChI is InChI=1S/C10H18INO2/c1-9(2,3)14-8(13)10(4)5-7(11)6-12-10/h7,12H,5-6H2,1-4H3/t7-,10+/m0/s1. The molecule has 0 radical (unpaired) electrons. The van der Waals surface area contributed by atoms with Gasteiger partial charge in [0, 0.05) is 10.5 Å². The van der Waals surface area contributed by atoms with E-state index in [9.17, 15) is 4.79 Å². The van der Waals surface area contributed by atoms with Gasteiger partial charge < -0.3 is 10.1 Å². The Kier molecular flexibility index (Phi) is 3.46. The molecule has 1 rings (SSSR count). The van der Waals surface area contributed by atoms with E-state index in [0.717, 1.165) is 13.0 Å². The molecule has 1 saturated heterocycles. The average molecular weight is 311 g/mol. The Labute approximate surface area is 99.1 Å². The van der Waals surface area contributed by atoms with Crippen molar-refractivity contribution in [3.63, 3.8) is 0 Å². The predicted octanol–water partition coefficient (Wildman–Crippen LogP) is 1.88. The van der Waals surface area contributed by atoms with Crippen molar-refractivity contribution in [2.45, 2.75) is 49.2 Å². The van der Waals surface area contributed by atoms with Crippen LogP contribution in [0.3, 0.4) is 0 Å². The molecule has 14 heavy (non-hydrogen) atoms. The van der Waals surface area contributed by atoms with Gasteiger partial charge in [-0.1, -0.05) is 22.6 Å². The first-order valence-electron chi connectivity index (χ1n) is 4.85. The van der Waals surface area contributed by atoms with Gasteiger partial charge in [0.05, 0.1) is 0 Å². The average Bonchev–Trinajstić information content (AvgIpc) is 2.29. The Morgan fingerprint density at radius 1 is 1.57 bits per heavy atom. The lowest BCUT2D eigenvalue weighted by atomic mass is 10.0. The molecule has 4 heteroatoms. The van der Waals surface area contributed by atoms with Gasteiger partial charge in [-0.05, 0) is 34.1 Å². The summed E-state index contributed by atoms with van der Waals surface area (Å²) in [6, 6.07) is 0. The van der Waals surface area contributed by atoms with Gasteiger partial charge in [-0.15, -0.1) is 0 Å². The zero-order valence-electron chi connectivity index (χ0n) is 9.19. The fourth-order valence-electron chi connectivity index (χ4n) is 1.47. The highest BCUT2D eigenvalue weighted by molar-refractivity contribution is 14.1. The first-order valence-corrected chi connectivity index (χ1v) is 6.10. The Balaban J connectivity index is 2.61. The van der Waals surface area contributed by atoms with Crippen LogP contribution in [0.4, 0.5) is 0 Å². The van der Waals surface area contributed by atoms with Crippen LogP contribution in [0.15, 0.2) is 0 Å². The third-order valence-corrected chi connectivity index (χ3v) is 3.07. The van der Waals surface area contributed by atoms with E-state index in [-0.39, 0.29) is 5.97 Å². The molecule has 0 bridgehead atoms. The van der Waals surface area contributed by atoms with Gasteiger partial charge in [0.2, 0.25) is 0 Å². The van der Waals surface area contributed by atoms with Crippen LogP contribution in [0, 0.1) is 0 Å². The van der Waals surface area contributed by atoms with Crippen molar-refractivity contribution in [2.24, 2.45) is 0 Å². The van der Waals surface area contributed by atoms with Crippen molar-refractivity contribution in [1.29, 1.82) is 0 Å². The second-order valence-electron chi connectivity index (χ2n) is 5.02. The molecular formula is C10H18INO2. The van der Waals surface area contributed by atoms with Crippen LogP contribution in [-0.2, 0) is 9.53 Å². The number of hydrogen-bond acceptors (Lipinski definition) is 3. The molecule has 2 atom stereocenters. The summed E-state index contributed by atoms with van der Waals surface area (Å²) in [4.78, 5) is 11.8. The van der Waals surface area contributed by atoms with E-state index in [2.05, 4.69) is 27.9 Å². The van der Waals surface area contributed by atoms with Crippen LogP contribution in [0.2, 0.25) is 0 Å². The Morgan fingerprint density at radius 2 is 2.14 bits per heavy atom. The van der Waals surface area contributed by atoms with Gasteiger partial charge in [0.1, 0.15) is 11.1 Å². The van der Waals surface area contributed by atoms with Gasteiger partial charge in [-0.25, -0.2) is 0 Å². The maximum Gasteiger partial charge on any atom is 0.326 e. The first kappa shape index (κ1) is 12.2. The zero-order chi connectivity index (χ0) is 11.0. The smallest absolute Gasteiger partial charge is 0.326 e. The molecule has 0 spiro atoms. The minimum absolute atomic E-state index is 0.135. The fourth-order valence-corrected chi connectivity index (χ4v) is 2.57. The summed E-state index contributed by atoms with van der Waals surface area (Å²) in [5.41, 5.74) is -0.885. The number of esters is 1. The van der Waals surface area contributed by atoms with Crippen molar-refractivity contribution >= 4 is 28.6 Å². The molecule has 0 unspecified atom stereocenters. The molecule has 82 valence electrons. The monoisotopic (exact) mass is 311 g/mol. The molecule has 1 aliphatic rings. The lowest BCUT2D eigenvalue weighted by Crippen LogP contribution is -2.48. The quantitative estimate of drug-likeness (QED) is 0.456. The minimum atomic E-state index is -0.487. The van der Waals surface area contributed by atoms with Crippen LogP contribution >= 0.6 is 22.6 Å². The van der Waals surface area contributed by atoms with Crippen LogP contribution < -0.4 is 5.32 Å². The van der Waals surface area contributed by atoms with Gasteiger partial charge in [-0.3, -0.25) is 4.79 Å². The van der Waals surface area contributed by atoms with E-state index in [4.69, 9.17) is 4.74 Å². The molecule has 1 heterocycles. The molecular weight excluding hydrogens is 293 g/mol. The molecule has 0 aromatic carbocycles. The van der Waals surface area contributed by atoms with E-state index in [0.29, 0.717) is 3.92 Å². The number of carbonyl (C=O) groups is 1. The lowest BCUT2D eigenvalue weighted by molar-refractivity contribution is -0.161. The summed E-state index contributed by atoms with van der Waals surface area (Å²) < 4.78 is 5.89. The molecule has 1 fully saturated rings. The SMILES string of the molecule is CC(C)(C)OC(=O)[C@@]1(C)C[C@H](I)CN1. The number of rotatable bonds is 1. The summed E-state index contributed by atoms with van der Waals surface area (Å²) in [5, 5.41) is 3.22. The van der Waals surface area contributed by atoms with Gasteiger partial charge >= 0.3 is 5.97 Å². The van der Waals surface area contributed by atoms with E-state index in [1.807, 2.05) is 27.7 Å². The van der Waals surface area contributed by atoms with Gasteiger partial charge in [0.25, 0.3) is 0 Å². The molecule has 0 saturated carbocycles. The van der Waals surface area contributed by atoms with Crippen LogP contribution in [0.25, 0.3) is 0 Å². The third kappa shape index (κ3) is 3.08. The largest absolute Gasteiger partial charge is 0.459 e. The highest BCUT2D eigenvalue weighted by Gasteiger charge is 2.42. The van der Waals surface area contributed by atoms with Crippen molar-refractivity contribution in [1.82, 2.24) is 5.32 Å². The summed E-state index contributed by atoms with van der Waals surface area (Å²) in [6.07, 6.45) is 0.850. The number of ether oxygens (including phenoxy) is 1. The lowest BCUT2D eigenvalue weighted by Gasteiger charge is -2.28. The summed E-state index contributed by atoms with van der Waals surface area (Å²) in [5.74, 6) is -0.135. The topological polar surface area (TPSA) is 38.3 Å². The van der Waals surface area contributed by atoms with Crippen molar-refractivity contribution in [2.75, 3.05) is 6.54 Å². The van der Waals surface area contributed by atoms with E-state index >= 15 is 0 Å². The van der Waals surface area contributed by atoms with Crippen LogP contribution in [0.1, 0.15) is 34.1 Å². The number of halogens is 1. The first-order chi connectivity index (χ1) is 6.23. The highest BCUT2D eigenvalue weighted by atomic mass is 127. The van der Waals surface area contributed by atoms with Crippen LogP contribution in [-0.4, -0.2) is 27.6 Å². The second-order valence-corrected chi connectivity index (χ2v) is 6.78. The van der Waals surface area contributed by atoms with Gasteiger partial charge in [-0.2, -0.15) is 0 Å². The van der Waals surface area contributed by atoms with Crippen molar-refractivity contribution < 1.29 is 9.53 Å². The minimum Gasteiger partial charge on any atom is -0.459 e. The molecule has 0 aromatic heterocycles. The Hall–Kier alpha value is 0.160. The molecule has 3 nitrogen and oxygen atoms in total. The fraction of sp³-hybridized carbons (Fsp3) is 0.900. The second kappa shape index (κ2) is 3.96. The highest BCUT2D eigenvalue weighted by Crippen LogP contribution is 2.27. The van der Waals surface area contributed by atoms with E-state index in [1.165, 1.54) is 0 Å². The van der Waals surface area contributed by atoms with E-state index < -0.39 is 11.1 Å². The molecule has 1 N–H and O–H groups in total. The van der Waals surface area contributed by atoms with Crippen LogP contribution in [0.5, 0.6) is 0 Å². The number of hydrogen-bond donors (Lipinski definition) is 1. The number of nitrogens with one attached hydrogen (secondary N) is 1. The molecule has 0 aromatic rings. The maximum absolute atomic E-state index is 11.8. The third-order valence-electron chi connectivity index (χ3n) is 2.19. The van der Waals surface area contributed by atoms with Crippen molar-refractivity contribution in [3.05, 3.63) is 0 Å². The predicted molar refractivity (Wildman–Crippen MR) is 64.7 cm³/mol. The molecule has 1 aliphatic heterocycles. The van der Waals surface area contributed by atoms with Gasteiger partial charge in [0.15, 0.2) is 0 Å². The van der Waals surface area contributed by atoms with Crippen molar-refractivity contribution in [3.8, 4) is 0 Å². The number of alkyl halides is 1. The molecule has 0 amide bonds. The summed E-state index contributed by atoms with van der Waals surface area (Å²) >= 11 is 2.36. The summed E-state index contributed by atoms with van der Waals surface area (Å²) in [7, 11) is 0. The van der Waals surface area contributed by atoms with E-state index in [1.54, 1.807) is 0 Å². The Bertz CT molecular complexity index is 237. The zero-order valence-corrected chi connectivity index (χ0v) is 11.3. The summed E-state index contributed by atoms with van der Waals surface area (Å²) in [6.45, 7) is 8.48. The maximum atomic E-state index is 11.8. The number of carbonyl (C=O) groups excluding carboxylic acids is 1. The molecule has 0 aliphatic carbocycles.